The van der Waals surface area contributed by atoms with E-state index in [0.717, 1.165) is 33.2 Å². The average molecular weight is 435 g/mol. The number of thiazole rings is 1. The fourth-order valence-electron chi connectivity index (χ4n) is 2.88. The third kappa shape index (κ3) is 4.67. The lowest BCUT2D eigenvalue weighted by Gasteiger charge is -2.11. The van der Waals surface area contributed by atoms with E-state index in [1.165, 1.54) is 11.3 Å². The highest BCUT2D eigenvalue weighted by Gasteiger charge is 2.10. The second kappa shape index (κ2) is 9.07. The number of hydrogen-bond donors (Lipinski definition) is 2. The molecule has 0 bridgehead atoms. The van der Waals surface area contributed by atoms with Crippen LogP contribution >= 0.6 is 22.9 Å². The molecule has 4 aromatic rings. The topological polar surface area (TPSA) is 66.9 Å². The lowest BCUT2D eigenvalue weighted by atomic mass is 10.1. The molecule has 0 saturated heterocycles. The zero-order valence-electron chi connectivity index (χ0n) is 16.2. The molecule has 0 aliphatic rings. The predicted molar refractivity (Wildman–Crippen MR) is 124 cm³/mol. The van der Waals surface area contributed by atoms with Crippen molar-refractivity contribution in [1.82, 2.24) is 9.97 Å². The first-order chi connectivity index (χ1) is 14.6. The summed E-state index contributed by atoms with van der Waals surface area (Å²) in [6.07, 6.45) is 3.53. The summed E-state index contributed by atoms with van der Waals surface area (Å²) in [5.74, 6) is 0.257. The molecule has 2 aromatic heterocycles. The third-order valence-corrected chi connectivity index (χ3v) is 5.64. The molecule has 0 saturated carbocycles. The second-order valence-corrected chi connectivity index (χ2v) is 7.84. The van der Waals surface area contributed by atoms with Crippen molar-refractivity contribution < 1.29 is 4.79 Å². The van der Waals surface area contributed by atoms with Crippen molar-refractivity contribution in [1.29, 1.82) is 0 Å². The minimum Gasteiger partial charge on any atom is -0.331 e. The van der Waals surface area contributed by atoms with Gasteiger partial charge in [0.05, 0.1) is 5.69 Å². The van der Waals surface area contributed by atoms with Gasteiger partial charge in [0.1, 0.15) is 0 Å². The third-order valence-electron chi connectivity index (χ3n) is 4.57. The Hall–Kier alpha value is -3.22. The number of carbonyl (C=O) groups is 1. The minimum absolute atomic E-state index is 0.168. The Morgan fingerprint density at radius 2 is 1.97 bits per heavy atom. The quantitative estimate of drug-likeness (QED) is 0.352. The van der Waals surface area contributed by atoms with Crippen molar-refractivity contribution >= 4 is 45.4 Å². The molecule has 4 rings (SSSR count). The molecular formula is C23H19ClN4OS. The van der Waals surface area contributed by atoms with Crippen molar-refractivity contribution in [3.63, 3.8) is 0 Å². The van der Waals surface area contributed by atoms with Gasteiger partial charge in [0, 0.05) is 46.2 Å². The second-order valence-electron chi connectivity index (χ2n) is 6.72. The summed E-state index contributed by atoms with van der Waals surface area (Å²) >= 11 is 7.33. The number of nitrogens with zero attached hydrogens (tertiary/aromatic N) is 2. The minimum atomic E-state index is -0.168. The van der Waals surface area contributed by atoms with Gasteiger partial charge in [0.2, 0.25) is 0 Å². The van der Waals surface area contributed by atoms with Crippen molar-refractivity contribution in [2.24, 2.45) is 0 Å². The van der Waals surface area contributed by atoms with E-state index in [-0.39, 0.29) is 5.91 Å². The molecule has 0 atom stereocenters. The number of amides is 1. The Bertz CT molecular complexity index is 1160. The molecular weight excluding hydrogens is 416 g/mol. The molecule has 2 N–H and O–H groups in total. The number of anilines is 3. The Morgan fingerprint density at radius 3 is 2.70 bits per heavy atom. The highest BCUT2D eigenvalue weighted by atomic mass is 35.5. The number of rotatable bonds is 6. The number of benzene rings is 2. The molecule has 1 amide bonds. The van der Waals surface area contributed by atoms with Gasteiger partial charge in [-0.1, -0.05) is 18.2 Å². The summed E-state index contributed by atoms with van der Waals surface area (Å²) in [5.41, 5.74) is 6.05. The van der Waals surface area contributed by atoms with Crippen molar-refractivity contribution in [3.05, 3.63) is 89.1 Å². The van der Waals surface area contributed by atoms with Gasteiger partial charge in [0.15, 0.2) is 5.13 Å². The lowest BCUT2D eigenvalue weighted by molar-refractivity contribution is 0.102. The van der Waals surface area contributed by atoms with Gasteiger partial charge in [0.25, 0.3) is 5.91 Å². The number of alkyl halides is 1. The predicted octanol–water partition coefficient (Wildman–Crippen LogP) is 6.25. The summed E-state index contributed by atoms with van der Waals surface area (Å²) in [5, 5.41) is 9.06. The first-order valence-corrected chi connectivity index (χ1v) is 10.7. The van der Waals surface area contributed by atoms with Crippen molar-refractivity contribution in [3.8, 4) is 11.3 Å². The van der Waals surface area contributed by atoms with Gasteiger partial charge in [-0.05, 0) is 54.4 Å². The maximum absolute atomic E-state index is 12.5. The number of pyridine rings is 1. The van der Waals surface area contributed by atoms with Crippen LogP contribution in [0.5, 0.6) is 0 Å². The molecule has 0 fully saturated rings. The Balaban J connectivity index is 1.49. The van der Waals surface area contributed by atoms with Crippen LogP contribution in [0.25, 0.3) is 11.3 Å². The zero-order valence-corrected chi connectivity index (χ0v) is 17.8. The van der Waals surface area contributed by atoms with Gasteiger partial charge >= 0.3 is 0 Å². The fraction of sp³-hybridized carbons (Fsp3) is 0.0870. The molecule has 0 aliphatic carbocycles. The summed E-state index contributed by atoms with van der Waals surface area (Å²) in [6, 6.07) is 16.9. The Morgan fingerprint density at radius 1 is 1.13 bits per heavy atom. The van der Waals surface area contributed by atoms with E-state index in [4.69, 9.17) is 11.6 Å². The van der Waals surface area contributed by atoms with Crippen LogP contribution in [-0.4, -0.2) is 15.9 Å². The molecule has 0 radical (unpaired) electrons. The maximum Gasteiger partial charge on any atom is 0.255 e. The van der Waals surface area contributed by atoms with Gasteiger partial charge in [-0.15, -0.1) is 22.9 Å². The van der Waals surface area contributed by atoms with Crippen molar-refractivity contribution in [2.75, 3.05) is 10.6 Å². The number of hydrogen-bond acceptors (Lipinski definition) is 5. The number of aryl methyl sites for hydroxylation is 1. The number of halogens is 1. The van der Waals surface area contributed by atoms with E-state index >= 15 is 0 Å². The van der Waals surface area contributed by atoms with Gasteiger partial charge in [-0.2, -0.15) is 0 Å². The Labute approximate surface area is 183 Å². The first-order valence-electron chi connectivity index (χ1n) is 9.32. The van der Waals surface area contributed by atoms with Gasteiger partial charge in [-0.3, -0.25) is 9.78 Å². The van der Waals surface area contributed by atoms with Crippen LogP contribution in [0.3, 0.4) is 0 Å². The number of aromatic nitrogens is 2. The number of carbonyl (C=O) groups excluding carboxylic acids is 1. The molecule has 30 heavy (non-hydrogen) atoms. The van der Waals surface area contributed by atoms with E-state index in [9.17, 15) is 4.79 Å². The first kappa shape index (κ1) is 20.1. The van der Waals surface area contributed by atoms with E-state index in [1.807, 2.05) is 54.8 Å². The van der Waals surface area contributed by atoms with E-state index in [2.05, 4.69) is 20.6 Å². The van der Waals surface area contributed by atoms with E-state index in [1.54, 1.807) is 24.5 Å². The van der Waals surface area contributed by atoms with Gasteiger partial charge in [-0.25, -0.2) is 4.98 Å². The van der Waals surface area contributed by atoms with Crippen LogP contribution in [-0.2, 0) is 5.88 Å². The molecule has 2 heterocycles. The van der Waals surface area contributed by atoms with E-state index < -0.39 is 0 Å². The number of nitrogens with one attached hydrogen (secondary N) is 2. The summed E-state index contributed by atoms with van der Waals surface area (Å²) in [7, 11) is 0. The molecule has 0 spiro atoms. The maximum atomic E-state index is 12.5. The van der Waals surface area contributed by atoms with Crippen LogP contribution < -0.4 is 10.6 Å². The Kier molecular flexibility index (Phi) is 6.07. The zero-order chi connectivity index (χ0) is 20.9. The normalized spacial score (nSPS) is 10.6. The molecule has 0 unspecified atom stereocenters. The van der Waals surface area contributed by atoms with Crippen molar-refractivity contribution in [2.45, 2.75) is 12.8 Å². The largest absolute Gasteiger partial charge is 0.331 e. The summed E-state index contributed by atoms with van der Waals surface area (Å²) in [6.45, 7) is 2.01. The standard InChI is InChI=1S/C23H19ClN4OS/c1-15-4-9-19(26-22(29)17-7-5-16(12-24)6-8-17)11-20(15)27-23-28-21(14-30-23)18-3-2-10-25-13-18/h2-11,13-14H,12H2,1H3,(H,26,29)(H,27,28). The molecule has 5 nitrogen and oxygen atoms in total. The lowest BCUT2D eigenvalue weighted by Crippen LogP contribution is -2.12. The van der Waals surface area contributed by atoms with Crippen LogP contribution in [0.1, 0.15) is 21.5 Å². The van der Waals surface area contributed by atoms with E-state index in [0.29, 0.717) is 17.1 Å². The summed E-state index contributed by atoms with van der Waals surface area (Å²) < 4.78 is 0. The molecule has 0 aliphatic heterocycles. The molecule has 2 aromatic carbocycles. The fourth-order valence-corrected chi connectivity index (χ4v) is 3.79. The molecule has 7 heteroatoms. The molecule has 150 valence electrons. The van der Waals surface area contributed by atoms with Crippen LogP contribution in [0.2, 0.25) is 0 Å². The van der Waals surface area contributed by atoms with Crippen LogP contribution in [0.15, 0.2) is 72.4 Å². The highest BCUT2D eigenvalue weighted by molar-refractivity contribution is 7.14. The van der Waals surface area contributed by atoms with Crippen LogP contribution in [0, 0.1) is 6.92 Å². The SMILES string of the molecule is Cc1ccc(NC(=O)c2ccc(CCl)cc2)cc1Nc1nc(-c2cccnc2)cs1. The smallest absolute Gasteiger partial charge is 0.255 e. The highest BCUT2D eigenvalue weighted by Crippen LogP contribution is 2.29. The monoisotopic (exact) mass is 434 g/mol. The average Bonchev–Trinajstić information content (AvgIpc) is 3.25. The summed E-state index contributed by atoms with van der Waals surface area (Å²) in [4.78, 5) is 21.3. The van der Waals surface area contributed by atoms with Gasteiger partial charge < -0.3 is 10.6 Å². The van der Waals surface area contributed by atoms with Crippen LogP contribution in [0.4, 0.5) is 16.5 Å².